The number of carbonyl (C=O) groups excluding carboxylic acids is 1. The summed E-state index contributed by atoms with van der Waals surface area (Å²) in [5, 5.41) is 2.65. The van der Waals surface area contributed by atoms with E-state index in [0.717, 1.165) is 10.1 Å². The van der Waals surface area contributed by atoms with Crippen molar-refractivity contribution in [3.8, 4) is 0 Å². The van der Waals surface area contributed by atoms with E-state index in [2.05, 4.69) is 5.32 Å². The number of sulfonamides is 1. The molecular weight excluding hydrogens is 316 g/mol. The van der Waals surface area contributed by atoms with Gasteiger partial charge in [0.2, 0.25) is 15.9 Å². The molecule has 0 saturated heterocycles. The number of carbonyl (C=O) groups is 1. The molecule has 0 atom stereocenters. The van der Waals surface area contributed by atoms with Gasteiger partial charge in [-0.15, -0.1) is 0 Å². The monoisotopic (exact) mass is 334 g/mol. The maximum absolute atomic E-state index is 11.9. The normalized spacial score (nSPS) is 12.0. The molecule has 1 heterocycles. The Kier molecular flexibility index (Phi) is 5.02. The van der Waals surface area contributed by atoms with Gasteiger partial charge < -0.3 is 9.73 Å². The fourth-order valence-electron chi connectivity index (χ4n) is 1.81. The van der Waals surface area contributed by atoms with Crippen molar-refractivity contribution in [3.63, 3.8) is 0 Å². The zero-order valence-electron chi connectivity index (χ0n) is 13.1. The van der Waals surface area contributed by atoms with Gasteiger partial charge in [-0.2, -0.15) is 0 Å². The third-order valence-electron chi connectivity index (χ3n) is 3.06. The first kappa shape index (κ1) is 17.0. The van der Waals surface area contributed by atoms with Crippen LogP contribution in [0.4, 0.5) is 5.69 Å². The first-order valence-corrected chi connectivity index (χ1v) is 8.31. The van der Waals surface area contributed by atoms with Gasteiger partial charge in [0, 0.05) is 25.9 Å². The fourth-order valence-corrected chi connectivity index (χ4v) is 2.71. The number of nitrogens with zero attached hydrogens (tertiary/aromatic N) is 1. The van der Waals surface area contributed by atoms with Crippen LogP contribution in [0.3, 0.4) is 0 Å². The molecule has 6 nitrogen and oxygen atoms in total. The van der Waals surface area contributed by atoms with E-state index in [1.54, 1.807) is 24.3 Å². The Morgan fingerprint density at radius 3 is 2.30 bits per heavy atom. The van der Waals surface area contributed by atoms with Crippen molar-refractivity contribution in [3.05, 3.63) is 54.0 Å². The van der Waals surface area contributed by atoms with E-state index < -0.39 is 10.0 Å². The van der Waals surface area contributed by atoms with Gasteiger partial charge in [-0.25, -0.2) is 12.7 Å². The van der Waals surface area contributed by atoms with E-state index in [1.807, 2.05) is 13.0 Å². The summed E-state index contributed by atoms with van der Waals surface area (Å²) in [7, 11) is -0.543. The zero-order valence-corrected chi connectivity index (χ0v) is 13.9. The van der Waals surface area contributed by atoms with E-state index in [-0.39, 0.29) is 10.8 Å². The predicted molar refractivity (Wildman–Crippen MR) is 88.4 cm³/mol. The van der Waals surface area contributed by atoms with Crippen molar-refractivity contribution < 1.29 is 17.6 Å². The third kappa shape index (κ3) is 4.30. The molecule has 0 saturated carbocycles. The molecule has 122 valence electrons. The molecule has 2 rings (SSSR count). The summed E-state index contributed by atoms with van der Waals surface area (Å²) < 4.78 is 30.3. The topological polar surface area (TPSA) is 79.6 Å². The van der Waals surface area contributed by atoms with Crippen LogP contribution in [0.1, 0.15) is 11.5 Å². The molecule has 1 N–H and O–H groups in total. The van der Waals surface area contributed by atoms with Gasteiger partial charge in [0.15, 0.2) is 0 Å². The number of nitrogens with one attached hydrogen (secondary N) is 1. The second kappa shape index (κ2) is 6.80. The number of hydrogen-bond acceptors (Lipinski definition) is 4. The summed E-state index contributed by atoms with van der Waals surface area (Å²) in [6, 6.07) is 9.55. The molecule has 0 aliphatic rings. The van der Waals surface area contributed by atoms with E-state index in [9.17, 15) is 13.2 Å². The average molecular weight is 334 g/mol. The third-order valence-corrected chi connectivity index (χ3v) is 4.89. The van der Waals surface area contributed by atoms with Gasteiger partial charge in [-0.3, -0.25) is 4.79 Å². The highest BCUT2D eigenvalue weighted by atomic mass is 32.2. The Morgan fingerprint density at radius 1 is 1.13 bits per heavy atom. The average Bonchev–Trinajstić information content (AvgIpc) is 2.91. The lowest BCUT2D eigenvalue weighted by molar-refractivity contribution is -0.111. The summed E-state index contributed by atoms with van der Waals surface area (Å²) in [6.45, 7) is 1.82. The van der Waals surface area contributed by atoms with Gasteiger partial charge in [0.1, 0.15) is 11.5 Å². The number of anilines is 1. The molecule has 0 aliphatic heterocycles. The molecule has 0 bridgehead atoms. The Hall–Kier alpha value is -2.38. The molecule has 0 spiro atoms. The fraction of sp³-hybridized carbons (Fsp3) is 0.188. The van der Waals surface area contributed by atoms with Crippen molar-refractivity contribution in [1.29, 1.82) is 0 Å². The number of hydrogen-bond donors (Lipinski definition) is 1. The van der Waals surface area contributed by atoms with Crippen LogP contribution in [-0.2, 0) is 14.8 Å². The van der Waals surface area contributed by atoms with Crippen LogP contribution in [0.25, 0.3) is 6.08 Å². The summed E-state index contributed by atoms with van der Waals surface area (Å²) in [5.74, 6) is 1.02. The summed E-state index contributed by atoms with van der Waals surface area (Å²) in [4.78, 5) is 12.0. The van der Waals surface area contributed by atoms with Crippen LogP contribution in [0, 0.1) is 6.92 Å². The molecule has 0 radical (unpaired) electrons. The van der Waals surface area contributed by atoms with Gasteiger partial charge in [0.05, 0.1) is 4.90 Å². The van der Waals surface area contributed by atoms with Crippen LogP contribution in [-0.4, -0.2) is 32.7 Å². The van der Waals surface area contributed by atoms with Gasteiger partial charge in [-0.05, 0) is 49.4 Å². The minimum atomic E-state index is -3.47. The minimum Gasteiger partial charge on any atom is -0.462 e. The van der Waals surface area contributed by atoms with Gasteiger partial charge in [-0.1, -0.05) is 0 Å². The van der Waals surface area contributed by atoms with Crippen LogP contribution >= 0.6 is 0 Å². The van der Waals surface area contributed by atoms with Crippen LogP contribution < -0.4 is 5.32 Å². The molecule has 1 amide bonds. The molecule has 0 fully saturated rings. The SMILES string of the molecule is Cc1ccc(/C=C/C(=O)Nc2ccc(S(=O)(=O)N(C)C)cc2)o1. The second-order valence-electron chi connectivity index (χ2n) is 5.08. The number of aryl methyl sites for hydroxylation is 1. The van der Waals surface area contributed by atoms with Crippen LogP contribution in [0.5, 0.6) is 0 Å². The van der Waals surface area contributed by atoms with E-state index in [1.165, 1.54) is 32.3 Å². The second-order valence-corrected chi connectivity index (χ2v) is 7.23. The standard InChI is InChI=1S/C16H18N2O4S/c1-12-4-7-14(22-12)8-11-16(19)17-13-5-9-15(10-6-13)23(20,21)18(2)3/h4-11H,1-3H3,(H,17,19)/b11-8+. The predicted octanol–water partition coefficient (Wildman–Crippen LogP) is 2.49. The lowest BCUT2D eigenvalue weighted by atomic mass is 10.3. The van der Waals surface area contributed by atoms with Crippen molar-refractivity contribution in [1.82, 2.24) is 4.31 Å². The van der Waals surface area contributed by atoms with Crippen LogP contribution in [0.15, 0.2) is 51.8 Å². The summed E-state index contributed by atoms with van der Waals surface area (Å²) in [5.41, 5.74) is 0.507. The Bertz CT molecular complexity index is 818. The first-order chi connectivity index (χ1) is 10.8. The Balaban J connectivity index is 2.03. The minimum absolute atomic E-state index is 0.169. The van der Waals surface area contributed by atoms with Crippen LogP contribution in [0.2, 0.25) is 0 Å². The van der Waals surface area contributed by atoms with Crippen molar-refractivity contribution in [2.75, 3.05) is 19.4 Å². The van der Waals surface area contributed by atoms with Gasteiger partial charge in [0.25, 0.3) is 0 Å². The highest BCUT2D eigenvalue weighted by Gasteiger charge is 2.16. The molecule has 23 heavy (non-hydrogen) atoms. The lowest BCUT2D eigenvalue weighted by Gasteiger charge is -2.11. The first-order valence-electron chi connectivity index (χ1n) is 6.87. The Morgan fingerprint density at radius 2 is 1.78 bits per heavy atom. The molecular formula is C16H18N2O4S. The van der Waals surface area contributed by atoms with E-state index in [0.29, 0.717) is 11.4 Å². The molecule has 0 unspecified atom stereocenters. The van der Waals surface area contributed by atoms with Crippen molar-refractivity contribution in [2.24, 2.45) is 0 Å². The highest BCUT2D eigenvalue weighted by Crippen LogP contribution is 2.16. The molecule has 2 aromatic rings. The van der Waals surface area contributed by atoms with Gasteiger partial charge >= 0.3 is 0 Å². The lowest BCUT2D eigenvalue weighted by Crippen LogP contribution is -2.22. The number of rotatable bonds is 5. The van der Waals surface area contributed by atoms with E-state index in [4.69, 9.17) is 4.42 Å². The van der Waals surface area contributed by atoms with Crippen molar-refractivity contribution >= 4 is 27.7 Å². The number of furan rings is 1. The molecule has 0 aliphatic carbocycles. The maximum atomic E-state index is 11.9. The molecule has 1 aromatic carbocycles. The van der Waals surface area contributed by atoms with E-state index >= 15 is 0 Å². The highest BCUT2D eigenvalue weighted by molar-refractivity contribution is 7.89. The number of benzene rings is 1. The zero-order chi connectivity index (χ0) is 17.0. The van der Waals surface area contributed by atoms with Crippen molar-refractivity contribution in [2.45, 2.75) is 11.8 Å². The quantitative estimate of drug-likeness (QED) is 0.852. The largest absolute Gasteiger partial charge is 0.462 e. The maximum Gasteiger partial charge on any atom is 0.248 e. The Labute approximate surface area is 135 Å². The summed E-state index contributed by atoms with van der Waals surface area (Å²) >= 11 is 0. The molecule has 7 heteroatoms. The number of amides is 1. The molecule has 1 aromatic heterocycles. The smallest absolute Gasteiger partial charge is 0.248 e. The summed E-state index contributed by atoms with van der Waals surface area (Å²) in [6.07, 6.45) is 2.91.